The molecule has 0 radical (unpaired) electrons. The molecule has 0 aliphatic rings. The highest BCUT2D eigenvalue weighted by atomic mass is 19.4. The number of carbonyl (C=O) groups is 2. The van der Waals surface area contributed by atoms with Gasteiger partial charge in [0.25, 0.3) is 0 Å². The fourth-order valence-corrected chi connectivity index (χ4v) is 1.39. The van der Waals surface area contributed by atoms with Crippen LogP contribution < -0.4 is 0 Å². The minimum atomic E-state index is -4.70. The normalized spacial score (nSPS) is 11.0. The van der Waals surface area contributed by atoms with Gasteiger partial charge in [0, 0.05) is 6.92 Å². The summed E-state index contributed by atoms with van der Waals surface area (Å²) in [5, 5.41) is 0. The Labute approximate surface area is 107 Å². The first-order valence-corrected chi connectivity index (χ1v) is 5.17. The van der Waals surface area contributed by atoms with Gasteiger partial charge in [-0.25, -0.2) is 4.79 Å². The maximum absolute atomic E-state index is 12.8. The van der Waals surface area contributed by atoms with E-state index in [1.54, 1.807) is 0 Å². The molecule has 0 aliphatic heterocycles. The van der Waals surface area contributed by atoms with Crippen LogP contribution in [0.4, 0.5) is 13.2 Å². The first-order chi connectivity index (χ1) is 8.75. The smallest absolute Gasteiger partial charge is 0.417 e. The molecule has 0 heterocycles. The summed E-state index contributed by atoms with van der Waals surface area (Å²) in [6.45, 7) is 0.855. The van der Waals surface area contributed by atoms with E-state index in [9.17, 15) is 22.8 Å². The van der Waals surface area contributed by atoms with Crippen molar-refractivity contribution < 1.29 is 32.2 Å². The number of benzene rings is 1. The molecule has 104 valence electrons. The van der Waals surface area contributed by atoms with E-state index in [1.807, 2.05) is 0 Å². The summed E-state index contributed by atoms with van der Waals surface area (Å²) < 4.78 is 47.3. The van der Waals surface area contributed by atoms with Gasteiger partial charge >= 0.3 is 18.1 Å². The Morgan fingerprint density at radius 1 is 1.26 bits per heavy atom. The average Bonchev–Trinajstić information content (AvgIpc) is 2.34. The van der Waals surface area contributed by atoms with Crippen molar-refractivity contribution >= 4 is 11.9 Å². The lowest BCUT2D eigenvalue weighted by atomic mass is 10.0. The molecule has 1 rings (SSSR count). The maximum Gasteiger partial charge on any atom is 0.417 e. The van der Waals surface area contributed by atoms with Crippen LogP contribution in [0.5, 0.6) is 0 Å². The Balaban J connectivity index is 3.16. The Morgan fingerprint density at radius 2 is 1.89 bits per heavy atom. The topological polar surface area (TPSA) is 52.6 Å². The molecule has 1 aromatic rings. The van der Waals surface area contributed by atoms with Gasteiger partial charge in [-0.2, -0.15) is 13.2 Å². The third-order valence-corrected chi connectivity index (χ3v) is 2.24. The van der Waals surface area contributed by atoms with Crippen LogP contribution in [0.15, 0.2) is 18.2 Å². The molecule has 0 fully saturated rings. The van der Waals surface area contributed by atoms with Gasteiger partial charge < -0.3 is 9.47 Å². The number of esters is 2. The maximum atomic E-state index is 12.8. The van der Waals surface area contributed by atoms with E-state index in [0.717, 1.165) is 26.2 Å². The fraction of sp³-hybridized carbons (Fsp3) is 0.333. The molecule has 4 nitrogen and oxygen atoms in total. The van der Waals surface area contributed by atoms with Crippen molar-refractivity contribution in [1.29, 1.82) is 0 Å². The number of rotatable bonds is 3. The quantitative estimate of drug-likeness (QED) is 0.796. The monoisotopic (exact) mass is 276 g/mol. The zero-order valence-corrected chi connectivity index (χ0v) is 10.2. The minimum absolute atomic E-state index is 0.134. The predicted molar refractivity (Wildman–Crippen MR) is 58.3 cm³/mol. The molecule has 0 aromatic heterocycles. The van der Waals surface area contributed by atoms with Crippen LogP contribution in [0.3, 0.4) is 0 Å². The Morgan fingerprint density at radius 3 is 2.37 bits per heavy atom. The van der Waals surface area contributed by atoms with Crippen molar-refractivity contribution in [1.82, 2.24) is 0 Å². The van der Waals surface area contributed by atoms with Gasteiger partial charge in [0.15, 0.2) is 0 Å². The third-order valence-electron chi connectivity index (χ3n) is 2.24. The van der Waals surface area contributed by atoms with Gasteiger partial charge in [0.05, 0.1) is 18.2 Å². The first kappa shape index (κ1) is 15.0. The van der Waals surface area contributed by atoms with E-state index < -0.39 is 29.2 Å². The molecular weight excluding hydrogens is 265 g/mol. The van der Waals surface area contributed by atoms with Gasteiger partial charge in [-0.3, -0.25) is 4.79 Å². The van der Waals surface area contributed by atoms with Crippen LogP contribution in [0.2, 0.25) is 0 Å². The number of hydrogen-bond donors (Lipinski definition) is 0. The number of ether oxygens (including phenoxy) is 2. The van der Waals surface area contributed by atoms with Crippen LogP contribution in [0.1, 0.15) is 28.4 Å². The van der Waals surface area contributed by atoms with Gasteiger partial charge in [-0.1, -0.05) is 6.07 Å². The summed E-state index contributed by atoms with van der Waals surface area (Å²) in [5.41, 5.74) is -1.57. The lowest BCUT2D eigenvalue weighted by Crippen LogP contribution is -2.15. The van der Waals surface area contributed by atoms with E-state index >= 15 is 0 Å². The Bertz CT molecular complexity index is 494. The summed E-state index contributed by atoms with van der Waals surface area (Å²) in [6, 6.07) is 3.02. The summed E-state index contributed by atoms with van der Waals surface area (Å²) in [7, 11) is 0.995. The summed E-state index contributed by atoms with van der Waals surface area (Å²) in [4.78, 5) is 21.9. The van der Waals surface area contributed by atoms with Gasteiger partial charge in [-0.15, -0.1) is 0 Å². The summed E-state index contributed by atoms with van der Waals surface area (Å²) >= 11 is 0. The molecule has 0 unspecified atom stereocenters. The molecule has 1 aromatic carbocycles. The van der Waals surface area contributed by atoms with Gasteiger partial charge in [0.2, 0.25) is 0 Å². The van der Waals surface area contributed by atoms with Crippen molar-refractivity contribution in [2.24, 2.45) is 0 Å². The molecule has 0 saturated heterocycles. The number of alkyl halides is 3. The highest BCUT2D eigenvalue weighted by molar-refractivity contribution is 5.91. The van der Waals surface area contributed by atoms with E-state index in [0.29, 0.717) is 0 Å². The van der Waals surface area contributed by atoms with Crippen LogP contribution in [0, 0.1) is 0 Å². The molecular formula is C12H11F3O4. The largest absolute Gasteiger partial charge is 0.465 e. The van der Waals surface area contributed by atoms with Crippen molar-refractivity contribution in [3.8, 4) is 0 Å². The van der Waals surface area contributed by atoms with Gasteiger partial charge in [-0.05, 0) is 17.7 Å². The molecule has 7 heteroatoms. The van der Waals surface area contributed by atoms with Crippen LogP contribution in [0.25, 0.3) is 0 Å². The molecule has 0 aliphatic carbocycles. The zero-order chi connectivity index (χ0) is 14.6. The molecule has 0 spiro atoms. The molecule has 0 saturated carbocycles. The van der Waals surface area contributed by atoms with E-state index in [4.69, 9.17) is 0 Å². The SMILES string of the molecule is COC(=O)c1ccc(COC(C)=O)cc1C(F)(F)F. The standard InChI is InChI=1S/C12H11F3O4/c1-7(16)19-6-8-3-4-9(11(17)18-2)10(5-8)12(13,14)15/h3-5H,6H2,1-2H3. The van der Waals surface area contributed by atoms with Gasteiger partial charge in [0.1, 0.15) is 6.61 Å². The second-order valence-electron chi connectivity index (χ2n) is 3.65. The lowest BCUT2D eigenvalue weighted by molar-refractivity contribution is -0.142. The number of halogens is 3. The highest BCUT2D eigenvalue weighted by Crippen LogP contribution is 2.33. The van der Waals surface area contributed by atoms with Crippen molar-refractivity contribution in [2.75, 3.05) is 7.11 Å². The van der Waals surface area contributed by atoms with Crippen molar-refractivity contribution in [2.45, 2.75) is 19.7 Å². The van der Waals surface area contributed by atoms with Crippen molar-refractivity contribution in [3.63, 3.8) is 0 Å². The van der Waals surface area contributed by atoms with E-state index in [-0.39, 0.29) is 12.2 Å². The Kier molecular flexibility index (Phi) is 4.52. The molecule has 0 amide bonds. The van der Waals surface area contributed by atoms with Crippen LogP contribution >= 0.6 is 0 Å². The summed E-state index contributed by atoms with van der Waals surface area (Å²) in [6.07, 6.45) is -4.70. The number of carbonyl (C=O) groups excluding carboxylic acids is 2. The second-order valence-corrected chi connectivity index (χ2v) is 3.65. The fourth-order valence-electron chi connectivity index (χ4n) is 1.39. The van der Waals surface area contributed by atoms with E-state index in [2.05, 4.69) is 9.47 Å². The average molecular weight is 276 g/mol. The summed E-state index contributed by atoms with van der Waals surface area (Å²) in [5.74, 6) is -1.68. The molecule has 19 heavy (non-hydrogen) atoms. The van der Waals surface area contributed by atoms with Crippen LogP contribution in [-0.4, -0.2) is 19.0 Å². The first-order valence-electron chi connectivity index (χ1n) is 5.17. The molecule has 0 N–H and O–H groups in total. The minimum Gasteiger partial charge on any atom is -0.465 e. The van der Waals surface area contributed by atoms with Crippen molar-refractivity contribution in [3.05, 3.63) is 34.9 Å². The van der Waals surface area contributed by atoms with E-state index in [1.165, 1.54) is 6.07 Å². The predicted octanol–water partition coefficient (Wildman–Crippen LogP) is 2.56. The zero-order valence-electron chi connectivity index (χ0n) is 10.2. The number of methoxy groups -OCH3 is 1. The second kappa shape index (κ2) is 5.73. The highest BCUT2D eigenvalue weighted by Gasteiger charge is 2.35. The lowest BCUT2D eigenvalue weighted by Gasteiger charge is -2.13. The molecule has 0 atom stereocenters. The Hall–Kier alpha value is -2.05. The molecule has 0 bridgehead atoms. The third kappa shape index (κ3) is 3.97. The van der Waals surface area contributed by atoms with Crippen LogP contribution in [-0.2, 0) is 27.1 Å². The number of hydrogen-bond acceptors (Lipinski definition) is 4.